The van der Waals surface area contributed by atoms with Crippen LogP contribution in [0, 0.1) is 22.3 Å². The number of halogens is 2. The highest BCUT2D eigenvalue weighted by molar-refractivity contribution is 14.1. The van der Waals surface area contributed by atoms with Gasteiger partial charge in [0.05, 0.1) is 5.69 Å². The molecule has 0 aliphatic rings. The second-order valence-corrected chi connectivity index (χ2v) is 9.12. The van der Waals surface area contributed by atoms with Gasteiger partial charge >= 0.3 is 0 Å². The fourth-order valence-electron chi connectivity index (χ4n) is 3.54. The van der Waals surface area contributed by atoms with E-state index in [0.717, 1.165) is 25.9 Å². The zero-order valence-corrected chi connectivity index (χ0v) is 20.9. The summed E-state index contributed by atoms with van der Waals surface area (Å²) in [5, 5.41) is 0.567. The van der Waals surface area contributed by atoms with E-state index in [1.54, 1.807) is 4.90 Å². The van der Waals surface area contributed by atoms with Crippen molar-refractivity contribution in [2.75, 3.05) is 4.90 Å². The quantitative estimate of drug-likeness (QED) is 0.185. The average molecular weight is 562 g/mol. The minimum atomic E-state index is -0.581. The summed E-state index contributed by atoms with van der Waals surface area (Å²) < 4.78 is 0.968. The van der Waals surface area contributed by atoms with Gasteiger partial charge in [0, 0.05) is 25.3 Å². The number of rotatable bonds is 4. The smallest absolute Gasteiger partial charge is 0.259 e. The normalized spacial score (nSPS) is 11.2. The molecule has 2 nitrogen and oxygen atoms in total. The van der Waals surface area contributed by atoms with Crippen molar-refractivity contribution in [3.63, 3.8) is 0 Å². The number of carbonyl (C=O) groups excluding carboxylic acids is 1. The number of nitrogens with zero attached hydrogens (tertiary/aromatic N) is 1. The number of carbonyl (C=O) groups is 1. The van der Waals surface area contributed by atoms with E-state index in [2.05, 4.69) is 40.5 Å². The topological polar surface area (TPSA) is 20.3 Å². The van der Waals surface area contributed by atoms with Crippen LogP contribution in [0.1, 0.15) is 33.1 Å². The molecule has 4 aromatic rings. The van der Waals surface area contributed by atoms with Crippen LogP contribution in [0.3, 0.4) is 0 Å². The first-order valence-corrected chi connectivity index (χ1v) is 12.0. The van der Waals surface area contributed by atoms with Crippen LogP contribution in [-0.2, 0) is 0 Å². The predicted octanol–water partition coefficient (Wildman–Crippen LogP) is 7.69. The summed E-state index contributed by atoms with van der Waals surface area (Å²) in [6.07, 6.45) is 0. The fraction of sp³-hybridized carbons (Fsp3) is 0.0690. The molecule has 0 fully saturated rings. The number of hydrogen-bond donors (Lipinski definition) is 0. The zero-order chi connectivity index (χ0) is 23.2. The first-order valence-electron chi connectivity index (χ1n) is 10.5. The summed E-state index contributed by atoms with van der Waals surface area (Å²) >= 11 is 8.92. The minimum Gasteiger partial charge on any atom is -0.289 e. The lowest BCUT2D eigenvalue weighted by Gasteiger charge is -2.30. The Bertz CT molecular complexity index is 1330. The molecule has 0 radical (unpaired) electrons. The van der Waals surface area contributed by atoms with Crippen molar-refractivity contribution in [2.24, 2.45) is 0 Å². The van der Waals surface area contributed by atoms with Crippen LogP contribution in [-0.4, -0.2) is 5.91 Å². The van der Waals surface area contributed by atoms with Gasteiger partial charge in [-0.1, -0.05) is 84.1 Å². The van der Waals surface area contributed by atoms with Gasteiger partial charge in [-0.3, -0.25) is 9.69 Å². The molecular formula is C29H21ClINO. The highest BCUT2D eigenvalue weighted by Gasteiger charge is 2.29. The summed E-state index contributed by atoms with van der Waals surface area (Å²) in [7, 11) is 0. The highest BCUT2D eigenvalue weighted by Crippen LogP contribution is 2.35. The van der Waals surface area contributed by atoms with Crippen LogP contribution in [0.25, 0.3) is 0 Å². The maximum absolute atomic E-state index is 13.9. The molecule has 0 N–H and O–H groups in total. The Labute approximate surface area is 213 Å². The van der Waals surface area contributed by atoms with Crippen LogP contribution < -0.4 is 4.90 Å². The maximum atomic E-state index is 13.9. The molecule has 162 valence electrons. The van der Waals surface area contributed by atoms with E-state index in [4.69, 9.17) is 11.6 Å². The van der Waals surface area contributed by atoms with E-state index >= 15 is 0 Å². The molecule has 4 heteroatoms. The van der Waals surface area contributed by atoms with Crippen molar-refractivity contribution in [3.8, 4) is 11.8 Å². The van der Waals surface area contributed by atoms with E-state index in [9.17, 15) is 4.79 Å². The molecule has 4 aromatic carbocycles. The second kappa shape index (κ2) is 10.7. The second-order valence-electron chi connectivity index (χ2n) is 7.56. The summed E-state index contributed by atoms with van der Waals surface area (Å²) in [5.41, 5.74) is 4.17. The van der Waals surface area contributed by atoms with Gasteiger partial charge in [-0.2, -0.15) is 0 Å². The Kier molecular flexibility index (Phi) is 7.49. The Morgan fingerprint density at radius 2 is 1.52 bits per heavy atom. The number of aryl methyl sites for hydroxylation is 1. The SMILES string of the molecule is Cc1ccc(N(C(=O)c2ccccc2)C(C#Cc2ccccc2)c2ccccc2Cl)c(I)c1. The van der Waals surface area contributed by atoms with Gasteiger partial charge in [0.25, 0.3) is 5.91 Å². The molecule has 0 spiro atoms. The lowest BCUT2D eigenvalue weighted by molar-refractivity contribution is 0.0981. The van der Waals surface area contributed by atoms with Crippen LogP contribution in [0.5, 0.6) is 0 Å². The van der Waals surface area contributed by atoms with Crippen molar-refractivity contribution in [1.29, 1.82) is 0 Å². The Hall–Kier alpha value is -3.07. The third-order valence-electron chi connectivity index (χ3n) is 5.19. The molecule has 0 bridgehead atoms. The van der Waals surface area contributed by atoms with E-state index in [-0.39, 0.29) is 5.91 Å². The van der Waals surface area contributed by atoms with Crippen molar-refractivity contribution < 1.29 is 4.79 Å². The lowest BCUT2D eigenvalue weighted by atomic mass is 10.0. The van der Waals surface area contributed by atoms with Gasteiger partial charge in [0.1, 0.15) is 6.04 Å². The van der Waals surface area contributed by atoms with Gasteiger partial charge in [-0.05, 0) is 77.5 Å². The van der Waals surface area contributed by atoms with Gasteiger partial charge in [-0.15, -0.1) is 0 Å². The molecule has 0 heterocycles. The summed E-state index contributed by atoms with van der Waals surface area (Å²) in [5.74, 6) is 6.47. The maximum Gasteiger partial charge on any atom is 0.259 e. The molecule has 1 atom stereocenters. The van der Waals surface area contributed by atoms with Gasteiger partial charge < -0.3 is 0 Å². The first kappa shape index (κ1) is 23.1. The number of amides is 1. The average Bonchev–Trinajstić information content (AvgIpc) is 2.84. The van der Waals surface area contributed by atoms with E-state index < -0.39 is 6.04 Å². The molecular weight excluding hydrogens is 541 g/mol. The fourth-order valence-corrected chi connectivity index (χ4v) is 4.71. The summed E-state index contributed by atoms with van der Waals surface area (Å²) in [6, 6.07) is 32.1. The Morgan fingerprint density at radius 1 is 0.879 bits per heavy atom. The standard InChI is InChI=1S/C29H21ClINO/c1-21-16-18-28(26(31)20-21)32(29(33)23-12-6-3-7-13-23)27(24-14-8-9-15-25(24)30)19-17-22-10-4-2-5-11-22/h2-16,18,20,27H,1H3. The molecule has 0 saturated heterocycles. The number of anilines is 1. The number of hydrogen-bond acceptors (Lipinski definition) is 1. The van der Waals surface area contributed by atoms with Gasteiger partial charge in [0.15, 0.2) is 0 Å². The molecule has 0 aromatic heterocycles. The third kappa shape index (κ3) is 5.47. The molecule has 0 aliphatic carbocycles. The number of benzene rings is 4. The predicted molar refractivity (Wildman–Crippen MR) is 145 cm³/mol. The van der Waals surface area contributed by atoms with Crippen molar-refractivity contribution in [3.05, 3.63) is 134 Å². The largest absolute Gasteiger partial charge is 0.289 e. The molecule has 4 rings (SSSR count). The van der Waals surface area contributed by atoms with Crippen LogP contribution >= 0.6 is 34.2 Å². The van der Waals surface area contributed by atoms with Crippen molar-refractivity contribution >= 4 is 45.8 Å². The van der Waals surface area contributed by atoms with Gasteiger partial charge in [0.2, 0.25) is 0 Å². The Morgan fingerprint density at radius 3 is 2.18 bits per heavy atom. The van der Waals surface area contributed by atoms with Crippen LogP contribution in [0.15, 0.2) is 103 Å². The van der Waals surface area contributed by atoms with E-state index in [1.807, 2.05) is 104 Å². The molecule has 0 saturated carbocycles. The molecule has 0 aliphatic heterocycles. The summed E-state index contributed by atoms with van der Waals surface area (Å²) in [6.45, 7) is 2.04. The Balaban J connectivity index is 1.94. The zero-order valence-electron chi connectivity index (χ0n) is 18.0. The summed E-state index contributed by atoms with van der Waals surface area (Å²) in [4.78, 5) is 15.7. The van der Waals surface area contributed by atoms with E-state index in [1.165, 1.54) is 0 Å². The molecule has 1 amide bonds. The molecule has 1 unspecified atom stereocenters. The lowest BCUT2D eigenvalue weighted by Crippen LogP contribution is -2.35. The van der Waals surface area contributed by atoms with Crippen LogP contribution in [0.4, 0.5) is 5.69 Å². The van der Waals surface area contributed by atoms with Crippen molar-refractivity contribution in [1.82, 2.24) is 0 Å². The minimum absolute atomic E-state index is 0.135. The van der Waals surface area contributed by atoms with E-state index in [0.29, 0.717) is 10.6 Å². The monoisotopic (exact) mass is 561 g/mol. The third-order valence-corrected chi connectivity index (χ3v) is 6.40. The molecule has 33 heavy (non-hydrogen) atoms. The van der Waals surface area contributed by atoms with Gasteiger partial charge in [-0.25, -0.2) is 0 Å². The van der Waals surface area contributed by atoms with Crippen LogP contribution in [0.2, 0.25) is 5.02 Å². The van der Waals surface area contributed by atoms with Crippen molar-refractivity contribution in [2.45, 2.75) is 13.0 Å². The highest BCUT2D eigenvalue weighted by atomic mass is 127. The first-order chi connectivity index (χ1) is 16.0.